The maximum absolute atomic E-state index is 12.4. The van der Waals surface area contributed by atoms with Crippen molar-refractivity contribution >= 4 is 52.4 Å². The molecule has 0 aromatic heterocycles. The summed E-state index contributed by atoms with van der Waals surface area (Å²) in [5.74, 6) is -3.06. The van der Waals surface area contributed by atoms with Gasteiger partial charge >= 0.3 is 11.9 Å². The molecule has 0 saturated heterocycles. The zero-order valence-corrected chi connectivity index (χ0v) is 21.9. The average Bonchev–Trinajstić information content (AvgIpc) is 2.94. The van der Waals surface area contributed by atoms with E-state index in [-0.39, 0.29) is 29.7 Å². The number of carbonyl (C=O) groups is 5. The number of nitro benzene ring substituents is 1. The van der Waals surface area contributed by atoms with E-state index in [0.29, 0.717) is 16.3 Å². The lowest BCUT2D eigenvalue weighted by molar-refractivity contribution is -0.384. The first kappa shape index (κ1) is 29.7. The standard InChI is InChI=1S/C28H23ClN2O9/c1-17(27(35)20-5-2-6-21(29)14-20)40-26(34)13-12-25(33)30-22-10-8-18(9-11-22)28(36)39-16-24(32)19-4-3-7-23(15-19)31(37)38/h2-11,14-15,17H,12-13,16H2,1H3,(H,30,33)/t17-/m1/s1. The molecular weight excluding hydrogens is 544 g/mol. The molecule has 0 aliphatic heterocycles. The molecule has 3 rings (SSSR count). The lowest BCUT2D eigenvalue weighted by atomic mass is 10.1. The van der Waals surface area contributed by atoms with E-state index in [2.05, 4.69) is 5.32 Å². The largest absolute Gasteiger partial charge is 0.454 e. The van der Waals surface area contributed by atoms with E-state index in [1.807, 2.05) is 0 Å². The van der Waals surface area contributed by atoms with Crippen LogP contribution in [0.2, 0.25) is 5.02 Å². The number of amides is 1. The lowest BCUT2D eigenvalue weighted by Gasteiger charge is -2.12. The number of Topliss-reactive ketones (excluding diaryl/α,β-unsaturated/α-hetero) is 2. The molecule has 0 saturated carbocycles. The third-order valence-corrected chi connectivity index (χ3v) is 5.70. The fraction of sp³-hybridized carbons (Fsp3) is 0.179. The Hall–Kier alpha value is -4.90. The van der Waals surface area contributed by atoms with Crippen molar-refractivity contribution in [3.8, 4) is 0 Å². The van der Waals surface area contributed by atoms with Crippen molar-refractivity contribution < 1.29 is 38.4 Å². The van der Waals surface area contributed by atoms with Crippen LogP contribution in [0.4, 0.5) is 11.4 Å². The molecule has 1 amide bonds. The summed E-state index contributed by atoms with van der Waals surface area (Å²) in [6, 6.07) is 16.9. The molecule has 12 heteroatoms. The van der Waals surface area contributed by atoms with Crippen molar-refractivity contribution in [2.75, 3.05) is 11.9 Å². The van der Waals surface area contributed by atoms with Gasteiger partial charge in [0.2, 0.25) is 17.5 Å². The minimum Gasteiger partial charge on any atom is -0.454 e. The Bertz CT molecular complexity index is 1450. The van der Waals surface area contributed by atoms with Gasteiger partial charge in [0.05, 0.1) is 16.9 Å². The van der Waals surface area contributed by atoms with Gasteiger partial charge in [-0.25, -0.2) is 4.79 Å². The summed E-state index contributed by atoms with van der Waals surface area (Å²) in [7, 11) is 0. The SMILES string of the molecule is C[C@@H](OC(=O)CCC(=O)Nc1ccc(C(=O)OCC(=O)c2cccc([N+](=O)[O-])c2)cc1)C(=O)c1cccc(Cl)c1. The van der Waals surface area contributed by atoms with Gasteiger partial charge in [0.1, 0.15) is 0 Å². The molecule has 3 aromatic rings. The number of ketones is 2. The fourth-order valence-corrected chi connectivity index (χ4v) is 3.60. The van der Waals surface area contributed by atoms with Crippen molar-refractivity contribution in [1.29, 1.82) is 0 Å². The highest BCUT2D eigenvalue weighted by molar-refractivity contribution is 6.31. The average molecular weight is 567 g/mol. The van der Waals surface area contributed by atoms with Gasteiger partial charge in [-0.15, -0.1) is 0 Å². The number of ether oxygens (including phenoxy) is 2. The number of esters is 2. The van der Waals surface area contributed by atoms with Gasteiger partial charge in [-0.1, -0.05) is 35.9 Å². The number of benzene rings is 3. The first-order chi connectivity index (χ1) is 19.0. The van der Waals surface area contributed by atoms with Crippen molar-refractivity contribution in [1.82, 2.24) is 0 Å². The molecule has 0 radical (unpaired) electrons. The number of halogens is 1. The fourth-order valence-electron chi connectivity index (χ4n) is 3.41. The summed E-state index contributed by atoms with van der Waals surface area (Å²) in [6.07, 6.45) is -1.52. The Labute approximate surface area is 233 Å². The maximum Gasteiger partial charge on any atom is 0.338 e. The molecule has 1 N–H and O–H groups in total. The van der Waals surface area contributed by atoms with Crippen LogP contribution < -0.4 is 5.32 Å². The van der Waals surface area contributed by atoms with Crippen molar-refractivity contribution in [3.63, 3.8) is 0 Å². The van der Waals surface area contributed by atoms with E-state index in [1.165, 1.54) is 55.5 Å². The molecule has 0 aliphatic carbocycles. The molecule has 0 heterocycles. The lowest BCUT2D eigenvalue weighted by Crippen LogP contribution is -2.25. The van der Waals surface area contributed by atoms with Crippen LogP contribution in [0, 0.1) is 10.1 Å². The van der Waals surface area contributed by atoms with Crippen molar-refractivity contribution in [2.45, 2.75) is 25.9 Å². The topological polar surface area (TPSA) is 159 Å². The number of nitrogens with one attached hydrogen (secondary N) is 1. The number of carbonyl (C=O) groups excluding carboxylic acids is 5. The highest BCUT2D eigenvalue weighted by Crippen LogP contribution is 2.16. The normalized spacial score (nSPS) is 11.2. The van der Waals surface area contributed by atoms with Gasteiger partial charge in [-0.3, -0.25) is 29.3 Å². The summed E-state index contributed by atoms with van der Waals surface area (Å²) in [5, 5.41) is 13.8. The predicted molar refractivity (Wildman–Crippen MR) is 143 cm³/mol. The van der Waals surface area contributed by atoms with E-state index in [1.54, 1.807) is 18.2 Å². The van der Waals surface area contributed by atoms with Gasteiger partial charge in [0, 0.05) is 40.4 Å². The van der Waals surface area contributed by atoms with E-state index in [9.17, 15) is 34.1 Å². The third kappa shape index (κ3) is 8.57. The quantitative estimate of drug-likeness (QED) is 0.140. The van der Waals surface area contributed by atoms with Crippen LogP contribution >= 0.6 is 11.6 Å². The molecule has 0 bridgehead atoms. The summed E-state index contributed by atoms with van der Waals surface area (Å²) in [6.45, 7) is 0.815. The van der Waals surface area contributed by atoms with Crippen molar-refractivity contribution in [3.05, 3.63) is 105 Å². The van der Waals surface area contributed by atoms with E-state index >= 15 is 0 Å². The first-order valence-corrected chi connectivity index (χ1v) is 12.2. The Morgan fingerprint density at radius 2 is 1.57 bits per heavy atom. The second-order valence-corrected chi connectivity index (χ2v) is 8.88. The van der Waals surface area contributed by atoms with Crippen LogP contribution in [-0.4, -0.2) is 47.0 Å². The number of rotatable bonds is 12. The molecule has 1 atom stereocenters. The van der Waals surface area contributed by atoms with Crippen molar-refractivity contribution in [2.24, 2.45) is 0 Å². The molecule has 0 aliphatic rings. The van der Waals surface area contributed by atoms with Gasteiger partial charge in [0.15, 0.2) is 12.7 Å². The van der Waals surface area contributed by atoms with Gasteiger partial charge in [-0.05, 0) is 43.3 Å². The molecule has 11 nitrogen and oxygen atoms in total. The van der Waals surface area contributed by atoms with Gasteiger partial charge in [-0.2, -0.15) is 0 Å². The number of non-ortho nitro benzene ring substituents is 1. The Balaban J connectivity index is 1.43. The molecular formula is C28H23ClN2O9. The molecule has 206 valence electrons. The number of nitrogens with zero attached hydrogens (tertiary/aromatic N) is 1. The summed E-state index contributed by atoms with van der Waals surface area (Å²) in [5.41, 5.74) is 0.516. The second kappa shape index (κ2) is 13.8. The minimum atomic E-state index is -1.05. The Morgan fingerprint density at radius 3 is 2.25 bits per heavy atom. The number of hydrogen-bond donors (Lipinski definition) is 1. The maximum atomic E-state index is 12.4. The Kier molecular flexibility index (Phi) is 10.2. The molecule has 0 unspecified atom stereocenters. The summed E-state index contributed by atoms with van der Waals surface area (Å²) < 4.78 is 10.1. The van der Waals surface area contributed by atoms with Crippen LogP contribution in [0.15, 0.2) is 72.8 Å². The second-order valence-electron chi connectivity index (χ2n) is 8.44. The van der Waals surface area contributed by atoms with Crippen LogP contribution in [0.25, 0.3) is 0 Å². The molecule has 3 aromatic carbocycles. The molecule has 0 spiro atoms. The summed E-state index contributed by atoms with van der Waals surface area (Å²) in [4.78, 5) is 71.4. The smallest absolute Gasteiger partial charge is 0.338 e. The Morgan fingerprint density at radius 1 is 0.900 bits per heavy atom. The molecule has 0 fully saturated rings. The number of anilines is 1. The highest BCUT2D eigenvalue weighted by atomic mass is 35.5. The number of hydrogen-bond acceptors (Lipinski definition) is 9. The van der Waals surface area contributed by atoms with Gasteiger partial charge in [0.25, 0.3) is 5.69 Å². The number of nitro groups is 1. The van der Waals surface area contributed by atoms with Crippen LogP contribution in [-0.2, 0) is 19.1 Å². The summed E-state index contributed by atoms with van der Waals surface area (Å²) >= 11 is 5.88. The third-order valence-electron chi connectivity index (χ3n) is 5.46. The predicted octanol–water partition coefficient (Wildman–Crippen LogP) is 4.82. The highest BCUT2D eigenvalue weighted by Gasteiger charge is 2.20. The van der Waals surface area contributed by atoms with E-state index < -0.39 is 47.0 Å². The van der Waals surface area contributed by atoms with Crippen LogP contribution in [0.1, 0.15) is 50.8 Å². The first-order valence-electron chi connectivity index (χ1n) is 11.9. The zero-order valence-electron chi connectivity index (χ0n) is 21.1. The van der Waals surface area contributed by atoms with E-state index in [0.717, 1.165) is 6.07 Å². The minimum absolute atomic E-state index is 0.0334. The van der Waals surface area contributed by atoms with Crippen LogP contribution in [0.3, 0.4) is 0 Å². The monoisotopic (exact) mass is 566 g/mol. The van der Waals surface area contributed by atoms with E-state index in [4.69, 9.17) is 21.1 Å². The van der Waals surface area contributed by atoms with Crippen LogP contribution in [0.5, 0.6) is 0 Å². The van der Waals surface area contributed by atoms with Gasteiger partial charge < -0.3 is 14.8 Å². The zero-order chi connectivity index (χ0) is 29.2. The molecule has 40 heavy (non-hydrogen) atoms.